The van der Waals surface area contributed by atoms with Gasteiger partial charge < -0.3 is 0 Å². The number of hydrogen-bond donors (Lipinski definition) is 0. The van der Waals surface area contributed by atoms with E-state index in [1.165, 1.54) is 12.1 Å². The summed E-state index contributed by atoms with van der Waals surface area (Å²) in [6.07, 6.45) is -3.67. The lowest BCUT2D eigenvalue weighted by atomic mass is 9.90. The third-order valence-corrected chi connectivity index (χ3v) is 5.98. The number of carbonyl (C=O) groups is 2. The molecular formula is C21H18F3N3O2. The van der Waals surface area contributed by atoms with Gasteiger partial charge in [0.1, 0.15) is 6.04 Å². The van der Waals surface area contributed by atoms with Gasteiger partial charge >= 0.3 is 6.18 Å². The molecule has 0 aromatic heterocycles. The lowest BCUT2D eigenvalue weighted by Crippen LogP contribution is -2.44. The first-order valence-electron chi connectivity index (χ1n) is 9.51. The molecule has 5 nitrogen and oxygen atoms in total. The van der Waals surface area contributed by atoms with E-state index in [4.69, 9.17) is 0 Å². The van der Waals surface area contributed by atoms with Crippen LogP contribution in [0.5, 0.6) is 0 Å². The maximum atomic E-state index is 13.3. The Balaban J connectivity index is 1.57. The van der Waals surface area contributed by atoms with Crippen LogP contribution in [-0.2, 0) is 15.8 Å². The molecule has 3 saturated heterocycles. The SMILES string of the molecule is O=C1[C@@H]2[C@@H](C(=O)N1c1cccc(C(F)(F)F)c1)N1CCCN1[C@H]2c1ccccc1. The van der Waals surface area contributed by atoms with Gasteiger partial charge in [-0.05, 0) is 30.2 Å². The molecular weight excluding hydrogens is 383 g/mol. The minimum atomic E-state index is -4.55. The fourth-order valence-electron chi connectivity index (χ4n) is 4.84. The van der Waals surface area contributed by atoms with E-state index in [9.17, 15) is 22.8 Å². The van der Waals surface area contributed by atoms with Crippen molar-refractivity contribution < 1.29 is 22.8 Å². The molecule has 150 valence electrons. The van der Waals surface area contributed by atoms with E-state index < -0.39 is 35.5 Å². The van der Waals surface area contributed by atoms with Crippen molar-refractivity contribution in [2.75, 3.05) is 18.0 Å². The summed E-state index contributed by atoms with van der Waals surface area (Å²) in [6.45, 7) is 1.40. The average molecular weight is 401 g/mol. The lowest BCUT2D eigenvalue weighted by molar-refractivity contribution is -0.137. The van der Waals surface area contributed by atoms with Gasteiger partial charge in [-0.3, -0.25) is 9.59 Å². The molecule has 0 bridgehead atoms. The Morgan fingerprint density at radius 2 is 1.52 bits per heavy atom. The Labute approximate surface area is 165 Å². The van der Waals surface area contributed by atoms with Gasteiger partial charge in [0.15, 0.2) is 0 Å². The number of imide groups is 1. The van der Waals surface area contributed by atoms with Crippen LogP contribution in [0.4, 0.5) is 18.9 Å². The van der Waals surface area contributed by atoms with Crippen molar-refractivity contribution >= 4 is 17.5 Å². The van der Waals surface area contributed by atoms with Crippen LogP contribution in [0.2, 0.25) is 0 Å². The minimum absolute atomic E-state index is 0.0261. The number of carbonyl (C=O) groups excluding carboxylic acids is 2. The zero-order chi connectivity index (χ0) is 20.3. The largest absolute Gasteiger partial charge is 0.416 e. The normalized spacial score (nSPS) is 27.6. The van der Waals surface area contributed by atoms with E-state index >= 15 is 0 Å². The first kappa shape index (κ1) is 18.3. The fraction of sp³-hybridized carbons (Fsp3) is 0.333. The summed E-state index contributed by atoms with van der Waals surface area (Å²) in [5, 5.41) is 4.00. The summed E-state index contributed by atoms with van der Waals surface area (Å²) in [5.74, 6) is -1.54. The topological polar surface area (TPSA) is 43.9 Å². The van der Waals surface area contributed by atoms with Crippen molar-refractivity contribution in [3.05, 3.63) is 65.7 Å². The molecule has 3 atom stereocenters. The number of alkyl halides is 3. The monoisotopic (exact) mass is 401 g/mol. The Kier molecular flexibility index (Phi) is 4.04. The van der Waals surface area contributed by atoms with Gasteiger partial charge in [-0.1, -0.05) is 36.4 Å². The predicted octanol–water partition coefficient (Wildman–Crippen LogP) is 3.24. The van der Waals surface area contributed by atoms with Gasteiger partial charge in [-0.15, -0.1) is 0 Å². The van der Waals surface area contributed by atoms with Gasteiger partial charge in [-0.25, -0.2) is 14.9 Å². The molecule has 29 heavy (non-hydrogen) atoms. The number of amides is 2. The highest BCUT2D eigenvalue weighted by atomic mass is 19.4. The quantitative estimate of drug-likeness (QED) is 0.725. The summed E-state index contributed by atoms with van der Waals surface area (Å²) >= 11 is 0. The van der Waals surface area contributed by atoms with Crippen LogP contribution in [0.15, 0.2) is 54.6 Å². The van der Waals surface area contributed by atoms with Gasteiger partial charge in [0, 0.05) is 13.1 Å². The molecule has 0 radical (unpaired) electrons. The maximum Gasteiger partial charge on any atom is 0.416 e. The summed E-state index contributed by atoms with van der Waals surface area (Å²) < 4.78 is 39.4. The fourth-order valence-corrected chi connectivity index (χ4v) is 4.84. The Morgan fingerprint density at radius 3 is 2.21 bits per heavy atom. The molecule has 8 heteroatoms. The highest BCUT2D eigenvalue weighted by Crippen LogP contribution is 2.49. The molecule has 2 aromatic rings. The van der Waals surface area contributed by atoms with Crippen LogP contribution < -0.4 is 4.90 Å². The van der Waals surface area contributed by atoms with Crippen LogP contribution in [0.25, 0.3) is 0 Å². The molecule has 3 aliphatic heterocycles. The van der Waals surface area contributed by atoms with Crippen LogP contribution in [0.1, 0.15) is 23.6 Å². The molecule has 3 aliphatic rings. The van der Waals surface area contributed by atoms with E-state index in [2.05, 4.69) is 5.01 Å². The molecule has 2 amide bonds. The number of halogens is 3. The van der Waals surface area contributed by atoms with E-state index in [-0.39, 0.29) is 11.7 Å². The Morgan fingerprint density at radius 1 is 0.828 bits per heavy atom. The maximum absolute atomic E-state index is 13.3. The second-order valence-corrected chi connectivity index (χ2v) is 7.57. The molecule has 0 unspecified atom stereocenters. The third kappa shape index (κ3) is 2.70. The van der Waals surface area contributed by atoms with Crippen LogP contribution in [0, 0.1) is 5.92 Å². The number of rotatable bonds is 2. The number of fused-ring (bicyclic) bond motifs is 3. The van der Waals surface area contributed by atoms with Gasteiger partial charge in [0.25, 0.3) is 5.91 Å². The predicted molar refractivity (Wildman–Crippen MR) is 98.4 cm³/mol. The standard InChI is InChI=1S/C21H18F3N3O2/c22-21(23,24)14-8-4-9-15(12-14)27-19(28)16-17(13-6-2-1-3-7-13)25-10-5-11-26(25)18(16)20(27)29/h1-4,6-9,12,16-18H,5,10-11H2/t16-,17-,18-/m0/s1. The van der Waals surface area contributed by atoms with Crippen molar-refractivity contribution in [2.45, 2.75) is 24.7 Å². The van der Waals surface area contributed by atoms with Gasteiger partial charge in [0.05, 0.1) is 23.2 Å². The molecule has 0 saturated carbocycles. The Bertz CT molecular complexity index is 979. The number of hydrogen-bond acceptors (Lipinski definition) is 4. The zero-order valence-corrected chi connectivity index (χ0v) is 15.3. The number of nitrogens with zero attached hydrogens (tertiary/aromatic N) is 3. The summed E-state index contributed by atoms with van der Waals surface area (Å²) in [4.78, 5) is 27.5. The van der Waals surface area contributed by atoms with Crippen LogP contribution in [-0.4, -0.2) is 41.0 Å². The van der Waals surface area contributed by atoms with E-state index in [1.54, 1.807) is 0 Å². The lowest BCUT2D eigenvalue weighted by Gasteiger charge is -2.29. The Hall–Kier alpha value is -2.71. The molecule has 0 N–H and O–H groups in total. The average Bonchev–Trinajstić information content (AvgIpc) is 3.34. The van der Waals surface area contributed by atoms with Crippen molar-refractivity contribution in [3.8, 4) is 0 Å². The van der Waals surface area contributed by atoms with E-state index in [0.717, 1.165) is 35.6 Å². The first-order chi connectivity index (χ1) is 13.9. The van der Waals surface area contributed by atoms with Gasteiger partial charge in [0.2, 0.25) is 5.91 Å². The van der Waals surface area contributed by atoms with Crippen molar-refractivity contribution in [2.24, 2.45) is 5.92 Å². The highest BCUT2D eigenvalue weighted by molar-refractivity contribution is 6.24. The summed E-state index contributed by atoms with van der Waals surface area (Å²) in [7, 11) is 0. The molecule has 5 rings (SSSR count). The molecule has 2 aromatic carbocycles. The highest BCUT2D eigenvalue weighted by Gasteiger charge is 2.62. The molecule has 3 heterocycles. The van der Waals surface area contributed by atoms with Crippen molar-refractivity contribution in [1.82, 2.24) is 10.0 Å². The minimum Gasteiger partial charge on any atom is -0.274 e. The molecule has 0 aliphatic carbocycles. The summed E-state index contributed by atoms with van der Waals surface area (Å²) in [6, 6.07) is 12.9. The number of benzene rings is 2. The van der Waals surface area contributed by atoms with Crippen LogP contribution >= 0.6 is 0 Å². The summed E-state index contributed by atoms with van der Waals surface area (Å²) in [5.41, 5.74) is 0.0239. The van der Waals surface area contributed by atoms with Gasteiger partial charge in [-0.2, -0.15) is 13.2 Å². The zero-order valence-electron chi connectivity index (χ0n) is 15.3. The van der Waals surface area contributed by atoms with Crippen LogP contribution in [0.3, 0.4) is 0 Å². The van der Waals surface area contributed by atoms with E-state index in [0.29, 0.717) is 6.54 Å². The second-order valence-electron chi connectivity index (χ2n) is 7.57. The number of hydrazine groups is 1. The smallest absolute Gasteiger partial charge is 0.274 e. The van der Waals surface area contributed by atoms with Crippen molar-refractivity contribution in [3.63, 3.8) is 0 Å². The second kappa shape index (κ2) is 6.40. The number of anilines is 1. The molecule has 3 fully saturated rings. The molecule has 0 spiro atoms. The van der Waals surface area contributed by atoms with E-state index in [1.807, 2.05) is 35.3 Å². The van der Waals surface area contributed by atoms with Crippen molar-refractivity contribution in [1.29, 1.82) is 0 Å². The first-order valence-corrected chi connectivity index (χ1v) is 9.51. The third-order valence-electron chi connectivity index (χ3n) is 5.98.